The molecule has 0 bridgehead atoms. The third kappa shape index (κ3) is 5.07. The molecule has 1 unspecified atom stereocenters. The molecule has 1 amide bonds. The van der Waals surface area contributed by atoms with Crippen molar-refractivity contribution in [3.8, 4) is 0 Å². The van der Waals surface area contributed by atoms with Crippen LogP contribution < -0.4 is 10.9 Å². The van der Waals surface area contributed by atoms with Gasteiger partial charge in [-0.05, 0) is 49.2 Å². The van der Waals surface area contributed by atoms with E-state index in [2.05, 4.69) is 15.2 Å². The molecular weight excluding hydrogens is 400 g/mol. The van der Waals surface area contributed by atoms with Crippen LogP contribution in [0.2, 0.25) is 5.02 Å². The van der Waals surface area contributed by atoms with E-state index >= 15 is 0 Å². The molecule has 2 aromatic carbocycles. The number of halogens is 1. The Balaban J connectivity index is 1.30. The van der Waals surface area contributed by atoms with E-state index in [-0.39, 0.29) is 23.9 Å². The first-order valence-corrected chi connectivity index (χ1v) is 10.7. The van der Waals surface area contributed by atoms with Gasteiger partial charge in [0.25, 0.3) is 5.56 Å². The Labute approximate surface area is 180 Å². The fraction of sp³-hybridized carbons (Fsp3) is 0.348. The van der Waals surface area contributed by atoms with E-state index in [9.17, 15) is 9.59 Å². The monoisotopic (exact) mass is 424 g/mol. The van der Waals surface area contributed by atoms with Crippen molar-refractivity contribution < 1.29 is 4.79 Å². The molecule has 30 heavy (non-hydrogen) atoms. The molecule has 7 heteroatoms. The average Bonchev–Trinajstić information content (AvgIpc) is 2.75. The van der Waals surface area contributed by atoms with Crippen LogP contribution in [0.3, 0.4) is 0 Å². The van der Waals surface area contributed by atoms with E-state index in [4.69, 9.17) is 11.6 Å². The fourth-order valence-corrected chi connectivity index (χ4v) is 4.08. The number of benzene rings is 2. The highest BCUT2D eigenvalue weighted by molar-refractivity contribution is 6.30. The first-order valence-electron chi connectivity index (χ1n) is 10.3. The number of fused-ring (bicyclic) bond motifs is 1. The van der Waals surface area contributed by atoms with Crippen LogP contribution in [0.25, 0.3) is 10.9 Å². The smallest absolute Gasteiger partial charge is 0.261 e. The number of nitrogens with one attached hydrogen (secondary N) is 1. The first kappa shape index (κ1) is 20.6. The zero-order valence-electron chi connectivity index (χ0n) is 16.8. The molecule has 4 rings (SSSR count). The minimum Gasteiger partial charge on any atom is -0.352 e. The van der Waals surface area contributed by atoms with Gasteiger partial charge in [-0.1, -0.05) is 35.9 Å². The molecule has 2 heterocycles. The standard InChI is InChI=1S/C23H25ClN4O2/c24-18-9-7-17(8-10-18)14-27-12-3-4-19(15-27)26-22(29)11-13-28-16-25-21-6-2-1-5-20(21)23(28)30/h1-2,5-10,16,19H,3-4,11-15H2,(H,26,29). The van der Waals surface area contributed by atoms with Crippen LogP contribution in [0, 0.1) is 0 Å². The minimum atomic E-state index is -0.111. The number of hydrogen-bond acceptors (Lipinski definition) is 4. The van der Waals surface area contributed by atoms with Crippen molar-refractivity contribution in [2.24, 2.45) is 0 Å². The van der Waals surface area contributed by atoms with Crippen molar-refractivity contribution in [3.05, 3.63) is 75.8 Å². The SMILES string of the molecule is O=C(CCn1cnc2ccccc2c1=O)NC1CCCN(Cc2ccc(Cl)cc2)C1. The summed E-state index contributed by atoms with van der Waals surface area (Å²) in [5, 5.41) is 4.45. The fourth-order valence-electron chi connectivity index (χ4n) is 3.95. The zero-order chi connectivity index (χ0) is 20.9. The van der Waals surface area contributed by atoms with Gasteiger partial charge in [0.15, 0.2) is 0 Å². The van der Waals surface area contributed by atoms with E-state index < -0.39 is 0 Å². The number of rotatable bonds is 6. The van der Waals surface area contributed by atoms with Gasteiger partial charge in [0, 0.05) is 37.1 Å². The minimum absolute atomic E-state index is 0.0339. The number of nitrogens with zero attached hydrogens (tertiary/aromatic N) is 3. The highest BCUT2D eigenvalue weighted by atomic mass is 35.5. The molecule has 1 aliphatic rings. The van der Waals surface area contributed by atoms with Crippen LogP contribution in [0.1, 0.15) is 24.8 Å². The van der Waals surface area contributed by atoms with Gasteiger partial charge in [-0.2, -0.15) is 0 Å². The molecule has 3 aromatic rings. The summed E-state index contributed by atoms with van der Waals surface area (Å²) in [6.45, 7) is 3.02. The summed E-state index contributed by atoms with van der Waals surface area (Å²) in [6, 6.07) is 15.3. The van der Waals surface area contributed by atoms with Crippen molar-refractivity contribution >= 4 is 28.4 Å². The molecule has 0 radical (unpaired) electrons. The van der Waals surface area contributed by atoms with E-state index in [1.165, 1.54) is 16.5 Å². The molecule has 1 fully saturated rings. The quantitative estimate of drug-likeness (QED) is 0.659. The van der Waals surface area contributed by atoms with Gasteiger partial charge in [0.05, 0.1) is 17.2 Å². The van der Waals surface area contributed by atoms with Gasteiger partial charge in [-0.3, -0.25) is 19.1 Å². The normalized spacial score (nSPS) is 17.2. The maximum atomic E-state index is 12.5. The Morgan fingerprint density at radius 1 is 1.17 bits per heavy atom. The third-order valence-electron chi connectivity index (χ3n) is 5.50. The number of piperidine rings is 1. The van der Waals surface area contributed by atoms with Gasteiger partial charge >= 0.3 is 0 Å². The molecule has 6 nitrogen and oxygen atoms in total. The van der Waals surface area contributed by atoms with E-state index in [0.29, 0.717) is 17.4 Å². The highest BCUT2D eigenvalue weighted by Gasteiger charge is 2.21. The van der Waals surface area contributed by atoms with Crippen LogP contribution in [-0.2, 0) is 17.9 Å². The summed E-state index contributed by atoms with van der Waals surface area (Å²) in [4.78, 5) is 31.7. The Bertz CT molecular complexity index is 1080. The van der Waals surface area contributed by atoms with E-state index in [1.54, 1.807) is 6.07 Å². The predicted molar refractivity (Wildman–Crippen MR) is 119 cm³/mol. The van der Waals surface area contributed by atoms with Crippen molar-refractivity contribution in [1.29, 1.82) is 0 Å². The van der Waals surface area contributed by atoms with Crippen molar-refractivity contribution in [3.63, 3.8) is 0 Å². The van der Waals surface area contributed by atoms with Gasteiger partial charge in [0.1, 0.15) is 0 Å². The lowest BCUT2D eigenvalue weighted by atomic mass is 10.0. The summed E-state index contributed by atoms with van der Waals surface area (Å²) in [7, 11) is 0. The van der Waals surface area contributed by atoms with Gasteiger partial charge in [0.2, 0.25) is 5.91 Å². The van der Waals surface area contributed by atoms with Gasteiger partial charge in [-0.25, -0.2) is 4.98 Å². The van der Waals surface area contributed by atoms with Gasteiger partial charge in [-0.15, -0.1) is 0 Å². The number of carbonyl (C=O) groups is 1. The number of aryl methyl sites for hydroxylation is 1. The molecule has 1 aromatic heterocycles. The zero-order valence-corrected chi connectivity index (χ0v) is 17.5. The maximum Gasteiger partial charge on any atom is 0.261 e. The Morgan fingerprint density at radius 3 is 2.80 bits per heavy atom. The van der Waals surface area contributed by atoms with E-state index in [0.717, 1.165) is 37.5 Å². The average molecular weight is 425 g/mol. The topological polar surface area (TPSA) is 67.2 Å². The molecular formula is C23H25ClN4O2. The Kier molecular flexibility index (Phi) is 6.45. The third-order valence-corrected chi connectivity index (χ3v) is 5.75. The molecule has 0 saturated carbocycles. The number of para-hydroxylation sites is 1. The maximum absolute atomic E-state index is 12.5. The molecule has 0 aliphatic carbocycles. The lowest BCUT2D eigenvalue weighted by molar-refractivity contribution is -0.122. The summed E-state index contributed by atoms with van der Waals surface area (Å²) < 4.78 is 1.51. The summed E-state index contributed by atoms with van der Waals surface area (Å²) in [5.41, 5.74) is 1.78. The molecule has 1 atom stereocenters. The highest BCUT2D eigenvalue weighted by Crippen LogP contribution is 2.16. The lowest BCUT2D eigenvalue weighted by Gasteiger charge is -2.33. The second-order valence-corrected chi connectivity index (χ2v) is 8.21. The summed E-state index contributed by atoms with van der Waals surface area (Å²) >= 11 is 5.96. The molecule has 1 N–H and O–H groups in total. The summed E-state index contributed by atoms with van der Waals surface area (Å²) in [6.07, 6.45) is 3.80. The second-order valence-electron chi connectivity index (χ2n) is 7.78. The van der Waals surface area contributed by atoms with Crippen LogP contribution >= 0.6 is 11.6 Å². The molecule has 0 spiro atoms. The lowest BCUT2D eigenvalue weighted by Crippen LogP contribution is -2.47. The van der Waals surface area contributed by atoms with E-state index in [1.807, 2.05) is 42.5 Å². The largest absolute Gasteiger partial charge is 0.352 e. The molecule has 1 saturated heterocycles. The van der Waals surface area contributed by atoms with Gasteiger partial charge < -0.3 is 5.32 Å². The number of likely N-dealkylation sites (tertiary alicyclic amines) is 1. The van der Waals surface area contributed by atoms with Crippen molar-refractivity contribution in [2.45, 2.75) is 38.4 Å². The van der Waals surface area contributed by atoms with Crippen molar-refractivity contribution in [1.82, 2.24) is 19.8 Å². The first-order chi connectivity index (χ1) is 14.6. The molecule has 156 valence electrons. The summed E-state index contributed by atoms with van der Waals surface area (Å²) in [5.74, 6) is -0.0339. The molecule has 1 aliphatic heterocycles. The van der Waals surface area contributed by atoms with Crippen LogP contribution in [0.4, 0.5) is 0 Å². The van der Waals surface area contributed by atoms with Crippen LogP contribution in [0.5, 0.6) is 0 Å². The number of hydrogen-bond donors (Lipinski definition) is 1. The van der Waals surface area contributed by atoms with Crippen LogP contribution in [0.15, 0.2) is 59.7 Å². The Hall–Kier alpha value is -2.70. The second kappa shape index (κ2) is 9.41. The Morgan fingerprint density at radius 2 is 1.97 bits per heavy atom. The van der Waals surface area contributed by atoms with Crippen molar-refractivity contribution in [2.75, 3.05) is 13.1 Å². The number of amides is 1. The number of carbonyl (C=O) groups excluding carboxylic acids is 1. The number of aromatic nitrogens is 2. The predicted octanol–water partition coefficient (Wildman–Crippen LogP) is 3.22. The van der Waals surface area contributed by atoms with Crippen LogP contribution in [-0.4, -0.2) is 39.5 Å².